The van der Waals surface area contributed by atoms with Gasteiger partial charge < -0.3 is 4.74 Å². The Bertz CT molecular complexity index is 646. The summed E-state index contributed by atoms with van der Waals surface area (Å²) >= 11 is 1.66. The number of hydrogen-bond donors (Lipinski definition) is 0. The summed E-state index contributed by atoms with van der Waals surface area (Å²) in [6.45, 7) is 6.72. The molecule has 3 rings (SSSR count). The molecule has 2 fully saturated rings. The van der Waals surface area contributed by atoms with E-state index in [9.17, 15) is 8.42 Å². The molecule has 0 radical (unpaired) electrons. The van der Waals surface area contributed by atoms with Crippen molar-refractivity contribution >= 4 is 21.4 Å². The van der Waals surface area contributed by atoms with Gasteiger partial charge >= 0.3 is 0 Å². The number of hydrogen-bond acceptors (Lipinski definition) is 6. The van der Waals surface area contributed by atoms with Crippen molar-refractivity contribution in [3.63, 3.8) is 0 Å². The molecule has 0 aliphatic carbocycles. The molecule has 1 aromatic rings. The minimum atomic E-state index is -3.16. The summed E-state index contributed by atoms with van der Waals surface area (Å²) in [7, 11) is -1.43. The normalized spacial score (nSPS) is 29.8. The zero-order valence-corrected chi connectivity index (χ0v) is 15.6. The van der Waals surface area contributed by atoms with Gasteiger partial charge in [-0.3, -0.25) is 4.90 Å². The van der Waals surface area contributed by atoms with E-state index in [0.717, 1.165) is 36.8 Å². The van der Waals surface area contributed by atoms with Crippen molar-refractivity contribution in [2.45, 2.75) is 39.0 Å². The van der Waals surface area contributed by atoms with Crippen LogP contribution in [0, 0.1) is 12.8 Å². The lowest BCUT2D eigenvalue weighted by molar-refractivity contribution is 0.00231. The van der Waals surface area contributed by atoms with Crippen LogP contribution in [0.5, 0.6) is 0 Å². The molecule has 23 heavy (non-hydrogen) atoms. The fourth-order valence-corrected chi connectivity index (χ4v) is 5.80. The van der Waals surface area contributed by atoms with Crippen LogP contribution in [0.15, 0.2) is 5.38 Å². The van der Waals surface area contributed by atoms with Crippen molar-refractivity contribution in [2.24, 2.45) is 5.92 Å². The van der Waals surface area contributed by atoms with E-state index in [0.29, 0.717) is 6.54 Å². The predicted octanol–water partition coefficient (Wildman–Crippen LogP) is 1.32. The van der Waals surface area contributed by atoms with Crippen LogP contribution in [0.3, 0.4) is 0 Å². The van der Waals surface area contributed by atoms with Crippen LogP contribution < -0.4 is 0 Å². The van der Waals surface area contributed by atoms with Gasteiger partial charge in [-0.25, -0.2) is 13.4 Å². The third-order valence-corrected chi connectivity index (χ3v) is 7.69. The van der Waals surface area contributed by atoms with Gasteiger partial charge in [-0.2, -0.15) is 4.31 Å². The molecule has 8 heteroatoms. The second-order valence-electron chi connectivity index (χ2n) is 6.36. The SMILES string of the molecule is CCS(=O)(=O)N1CC[C@@H](OC)[C@H]2CN(Cc3csc(C)n3)C[C@H]21. The Morgan fingerprint density at radius 3 is 2.83 bits per heavy atom. The number of aryl methyl sites for hydroxylation is 1. The van der Waals surface area contributed by atoms with E-state index in [4.69, 9.17) is 4.74 Å². The maximum Gasteiger partial charge on any atom is 0.214 e. The van der Waals surface area contributed by atoms with Crippen LogP contribution in [0.1, 0.15) is 24.0 Å². The monoisotopic (exact) mass is 359 g/mol. The lowest BCUT2D eigenvalue weighted by Crippen LogP contribution is -2.53. The van der Waals surface area contributed by atoms with Crippen LogP contribution in [-0.4, -0.2) is 67.2 Å². The summed E-state index contributed by atoms with van der Waals surface area (Å²) < 4.78 is 32.2. The Balaban J connectivity index is 1.77. The zero-order chi connectivity index (χ0) is 16.6. The second kappa shape index (κ2) is 6.76. The van der Waals surface area contributed by atoms with Crippen molar-refractivity contribution in [1.82, 2.24) is 14.2 Å². The van der Waals surface area contributed by atoms with E-state index < -0.39 is 10.0 Å². The van der Waals surface area contributed by atoms with Gasteiger partial charge in [-0.1, -0.05) is 0 Å². The second-order valence-corrected chi connectivity index (χ2v) is 9.63. The van der Waals surface area contributed by atoms with Crippen LogP contribution in [0.4, 0.5) is 0 Å². The van der Waals surface area contributed by atoms with Gasteiger partial charge in [0.05, 0.1) is 22.6 Å². The van der Waals surface area contributed by atoms with E-state index >= 15 is 0 Å². The first-order valence-corrected chi connectivity index (χ1v) is 10.6. The average molecular weight is 360 g/mol. The molecule has 0 aromatic carbocycles. The number of piperidine rings is 1. The number of sulfonamides is 1. The standard InChI is InChI=1S/C15H25N3O3S2/c1-4-23(19,20)18-6-5-15(21-3)13-8-17(9-14(13)18)7-12-10-22-11(2)16-12/h10,13-15H,4-9H2,1-3H3/t13-,14+,15+/m0/s1. The molecular formula is C15H25N3O3S2. The van der Waals surface area contributed by atoms with Crippen LogP contribution in [-0.2, 0) is 21.3 Å². The van der Waals surface area contributed by atoms with Crippen molar-refractivity contribution in [3.8, 4) is 0 Å². The molecule has 2 aliphatic rings. The summed E-state index contributed by atoms with van der Waals surface area (Å²) in [6.07, 6.45) is 0.922. The molecule has 0 spiro atoms. The van der Waals surface area contributed by atoms with E-state index in [-0.39, 0.29) is 23.8 Å². The molecular weight excluding hydrogens is 334 g/mol. The van der Waals surface area contributed by atoms with Crippen molar-refractivity contribution in [2.75, 3.05) is 32.5 Å². The Labute approximate surface area is 142 Å². The van der Waals surface area contributed by atoms with Gasteiger partial charge in [-0.05, 0) is 20.3 Å². The third kappa shape index (κ3) is 3.46. The quantitative estimate of drug-likeness (QED) is 0.793. The van der Waals surface area contributed by atoms with Gasteiger partial charge in [0.15, 0.2) is 0 Å². The highest BCUT2D eigenvalue weighted by atomic mass is 32.2. The predicted molar refractivity (Wildman–Crippen MR) is 91.0 cm³/mol. The number of ether oxygens (including phenoxy) is 1. The number of fused-ring (bicyclic) bond motifs is 1. The summed E-state index contributed by atoms with van der Waals surface area (Å²) in [6, 6.07) is 0.0263. The van der Waals surface area contributed by atoms with Gasteiger partial charge in [0.1, 0.15) is 0 Å². The lowest BCUT2D eigenvalue weighted by Gasteiger charge is -2.39. The van der Waals surface area contributed by atoms with E-state index in [1.165, 1.54) is 0 Å². The molecule has 2 saturated heterocycles. The van der Waals surface area contributed by atoms with Gasteiger partial charge in [0.25, 0.3) is 0 Å². The number of thiazole rings is 1. The molecule has 2 aliphatic heterocycles. The highest BCUT2D eigenvalue weighted by Crippen LogP contribution is 2.34. The van der Waals surface area contributed by atoms with Crippen LogP contribution in [0.25, 0.3) is 0 Å². The Kier molecular flexibility index (Phi) is 5.08. The zero-order valence-electron chi connectivity index (χ0n) is 13.9. The van der Waals surface area contributed by atoms with Crippen molar-refractivity contribution < 1.29 is 13.2 Å². The summed E-state index contributed by atoms with van der Waals surface area (Å²) in [5.41, 5.74) is 1.07. The Hall–Kier alpha value is -0.540. The molecule has 0 unspecified atom stereocenters. The highest BCUT2D eigenvalue weighted by Gasteiger charge is 2.47. The maximum absolute atomic E-state index is 12.4. The Morgan fingerprint density at radius 2 is 2.22 bits per heavy atom. The molecule has 3 atom stereocenters. The molecule has 130 valence electrons. The summed E-state index contributed by atoms with van der Waals surface area (Å²) in [4.78, 5) is 6.85. The van der Waals surface area contributed by atoms with Crippen LogP contribution >= 0.6 is 11.3 Å². The molecule has 1 aromatic heterocycles. The average Bonchev–Trinajstić information content (AvgIpc) is 3.12. The number of rotatable bonds is 5. The van der Waals surface area contributed by atoms with Crippen LogP contribution in [0.2, 0.25) is 0 Å². The smallest absolute Gasteiger partial charge is 0.214 e. The van der Waals surface area contributed by atoms with E-state index in [1.807, 2.05) is 6.92 Å². The number of nitrogens with zero attached hydrogens (tertiary/aromatic N) is 3. The molecule has 0 saturated carbocycles. The van der Waals surface area contributed by atoms with Crippen molar-refractivity contribution in [3.05, 3.63) is 16.1 Å². The molecule has 0 amide bonds. The van der Waals surface area contributed by atoms with Crippen molar-refractivity contribution in [1.29, 1.82) is 0 Å². The van der Waals surface area contributed by atoms with Gasteiger partial charge in [-0.15, -0.1) is 11.3 Å². The van der Waals surface area contributed by atoms with Gasteiger partial charge in [0.2, 0.25) is 10.0 Å². The third-order valence-electron chi connectivity index (χ3n) is 4.97. The highest BCUT2D eigenvalue weighted by molar-refractivity contribution is 7.89. The number of likely N-dealkylation sites (tertiary alicyclic amines) is 1. The lowest BCUT2D eigenvalue weighted by atomic mass is 9.91. The fraction of sp³-hybridized carbons (Fsp3) is 0.800. The van der Waals surface area contributed by atoms with Gasteiger partial charge in [0, 0.05) is 50.6 Å². The van der Waals surface area contributed by atoms with E-state index in [1.54, 1.807) is 29.7 Å². The number of aromatic nitrogens is 1. The summed E-state index contributed by atoms with van der Waals surface area (Å²) in [5.74, 6) is 0.411. The minimum absolute atomic E-state index is 0.0263. The maximum atomic E-state index is 12.4. The minimum Gasteiger partial charge on any atom is -0.381 e. The first-order chi connectivity index (χ1) is 10.9. The molecule has 3 heterocycles. The Morgan fingerprint density at radius 1 is 1.43 bits per heavy atom. The topological polar surface area (TPSA) is 62.7 Å². The van der Waals surface area contributed by atoms with E-state index in [2.05, 4.69) is 15.3 Å². The first-order valence-electron chi connectivity index (χ1n) is 8.10. The summed E-state index contributed by atoms with van der Waals surface area (Å²) in [5, 5.41) is 3.16. The fourth-order valence-electron chi connectivity index (χ4n) is 3.84. The first kappa shape index (κ1) is 17.3. The largest absolute Gasteiger partial charge is 0.381 e. The molecule has 6 nitrogen and oxygen atoms in total. The number of methoxy groups -OCH3 is 1. The molecule has 0 N–H and O–H groups in total. The molecule has 0 bridgehead atoms.